The quantitative estimate of drug-likeness (QED) is 0.240. The molecule has 1 aromatic heterocycles. The normalized spacial score (nSPS) is 11.4. The van der Waals surface area contributed by atoms with Gasteiger partial charge in [0.2, 0.25) is 11.9 Å². The van der Waals surface area contributed by atoms with Gasteiger partial charge in [-0.05, 0) is 12.8 Å². The lowest BCUT2D eigenvalue weighted by Crippen LogP contribution is -2.36. The van der Waals surface area contributed by atoms with Crippen LogP contribution < -0.4 is 15.7 Å². The van der Waals surface area contributed by atoms with E-state index in [2.05, 4.69) is 31.5 Å². The molecule has 7 nitrogen and oxygen atoms in total. The molecule has 0 bridgehead atoms. The van der Waals surface area contributed by atoms with E-state index in [-0.39, 0.29) is 43.4 Å². The fraction of sp³-hybridized carbons (Fsp3) is 0.667. The van der Waals surface area contributed by atoms with Crippen LogP contribution >= 0.6 is 12.4 Å². The number of rotatable bonds is 11. The van der Waals surface area contributed by atoms with E-state index in [0.29, 0.717) is 6.54 Å². The lowest BCUT2D eigenvalue weighted by molar-refractivity contribution is -0.285. The summed E-state index contributed by atoms with van der Waals surface area (Å²) >= 11 is 0. The molecule has 0 aromatic carbocycles. The Labute approximate surface area is 165 Å². The van der Waals surface area contributed by atoms with Gasteiger partial charge in [-0.3, -0.25) is 4.84 Å². The molecular weight excluding hydrogens is 411 g/mol. The Hall–Kier alpha value is -2.13. The number of halogens is 6. The zero-order valence-corrected chi connectivity index (χ0v) is 16.1. The second-order valence-electron chi connectivity index (χ2n) is 5.40. The Morgan fingerprint density at radius 2 is 1.71 bits per heavy atom. The highest BCUT2D eigenvalue weighted by Gasteiger charge is 2.56. The van der Waals surface area contributed by atoms with E-state index in [1.54, 1.807) is 0 Å². The van der Waals surface area contributed by atoms with Crippen LogP contribution in [0.4, 0.5) is 39.8 Å². The molecule has 0 unspecified atom stereocenters. The minimum atomic E-state index is -5.58. The smallest absolute Gasteiger partial charge is 0.354 e. The molecule has 0 fully saturated rings. The SMILES string of the molecule is C#CCNc1nc(NCCC)nc(N(C)OCCCC(F)(F)C(F)(F)F)n1.Cl. The molecule has 1 heterocycles. The highest BCUT2D eigenvalue weighted by molar-refractivity contribution is 5.85. The summed E-state index contributed by atoms with van der Waals surface area (Å²) in [4.78, 5) is 17.4. The van der Waals surface area contributed by atoms with Gasteiger partial charge < -0.3 is 10.6 Å². The van der Waals surface area contributed by atoms with Crippen LogP contribution in [0.5, 0.6) is 0 Å². The molecule has 0 saturated carbocycles. The van der Waals surface area contributed by atoms with Crippen molar-refractivity contribution in [2.24, 2.45) is 0 Å². The Kier molecular flexibility index (Phi) is 10.8. The van der Waals surface area contributed by atoms with Gasteiger partial charge >= 0.3 is 12.1 Å². The minimum Gasteiger partial charge on any atom is -0.354 e. The van der Waals surface area contributed by atoms with E-state index in [1.165, 1.54) is 7.05 Å². The Bertz CT molecular complexity index is 640. The standard InChI is InChI=1S/C15H21F5N6O.ClH/c1-4-8-21-11-23-12(22-9-5-2)25-13(24-11)26(3)27-10-6-7-14(16,17)15(18,19)20;/h1H,5-10H2,2-3H3,(H2,21,22,23,24,25);1H. The van der Waals surface area contributed by atoms with Gasteiger partial charge in [0, 0.05) is 20.0 Å². The van der Waals surface area contributed by atoms with E-state index in [0.717, 1.165) is 11.5 Å². The second-order valence-corrected chi connectivity index (χ2v) is 5.40. The number of hydrogen-bond acceptors (Lipinski definition) is 7. The van der Waals surface area contributed by atoms with Crippen LogP contribution in [0.3, 0.4) is 0 Å². The second kappa shape index (κ2) is 11.7. The van der Waals surface area contributed by atoms with E-state index >= 15 is 0 Å². The van der Waals surface area contributed by atoms with Crippen LogP contribution in [0.2, 0.25) is 0 Å². The molecule has 0 atom stereocenters. The molecule has 0 radical (unpaired) electrons. The number of hydrogen-bond donors (Lipinski definition) is 2. The summed E-state index contributed by atoms with van der Waals surface area (Å²) in [5.74, 6) is -1.97. The predicted octanol–water partition coefficient (Wildman–Crippen LogP) is 3.51. The summed E-state index contributed by atoms with van der Waals surface area (Å²) in [6, 6.07) is 0. The van der Waals surface area contributed by atoms with Crippen LogP contribution in [0.15, 0.2) is 0 Å². The number of anilines is 3. The minimum absolute atomic E-state index is 0. The molecule has 28 heavy (non-hydrogen) atoms. The first-order chi connectivity index (χ1) is 12.6. The molecule has 13 heteroatoms. The van der Waals surface area contributed by atoms with E-state index in [4.69, 9.17) is 11.3 Å². The molecule has 0 aliphatic heterocycles. The van der Waals surface area contributed by atoms with E-state index in [1.807, 2.05) is 6.92 Å². The van der Waals surface area contributed by atoms with Crippen LogP contribution in [-0.2, 0) is 4.84 Å². The van der Waals surface area contributed by atoms with Gasteiger partial charge in [0.25, 0.3) is 5.95 Å². The maximum Gasteiger partial charge on any atom is 0.453 e. The monoisotopic (exact) mass is 432 g/mol. The van der Waals surface area contributed by atoms with Crippen LogP contribution in [0.1, 0.15) is 26.2 Å². The summed E-state index contributed by atoms with van der Waals surface area (Å²) in [6.45, 7) is 2.32. The first-order valence-electron chi connectivity index (χ1n) is 8.09. The van der Waals surface area contributed by atoms with Gasteiger partial charge in [-0.25, -0.2) is 5.06 Å². The third-order valence-electron chi connectivity index (χ3n) is 3.12. The predicted molar refractivity (Wildman–Crippen MR) is 97.8 cm³/mol. The van der Waals surface area contributed by atoms with Crippen molar-refractivity contribution in [1.82, 2.24) is 15.0 Å². The van der Waals surface area contributed by atoms with Crippen LogP contribution in [-0.4, -0.2) is 53.8 Å². The van der Waals surface area contributed by atoms with Crippen LogP contribution in [0, 0.1) is 12.3 Å². The summed E-state index contributed by atoms with van der Waals surface area (Å²) in [5, 5.41) is 6.78. The molecule has 160 valence electrons. The number of hydroxylamine groups is 1. The van der Waals surface area contributed by atoms with E-state index in [9.17, 15) is 22.0 Å². The third kappa shape index (κ3) is 8.26. The van der Waals surface area contributed by atoms with E-state index < -0.39 is 24.9 Å². The van der Waals surface area contributed by atoms with Gasteiger partial charge in [0.05, 0.1) is 13.2 Å². The van der Waals surface area contributed by atoms with Crippen molar-refractivity contribution in [2.75, 3.05) is 42.4 Å². The molecule has 0 aliphatic carbocycles. The Balaban J connectivity index is 0.00000729. The highest BCUT2D eigenvalue weighted by atomic mass is 35.5. The van der Waals surface area contributed by atoms with Crippen molar-refractivity contribution in [1.29, 1.82) is 0 Å². The van der Waals surface area contributed by atoms with Crippen molar-refractivity contribution < 1.29 is 26.8 Å². The summed E-state index contributed by atoms with van der Waals surface area (Å²) in [7, 11) is 1.39. The molecule has 2 N–H and O–H groups in total. The topological polar surface area (TPSA) is 75.2 Å². The van der Waals surface area contributed by atoms with Gasteiger partial charge in [-0.1, -0.05) is 12.8 Å². The van der Waals surface area contributed by atoms with Crippen molar-refractivity contribution in [3.63, 3.8) is 0 Å². The highest BCUT2D eigenvalue weighted by Crippen LogP contribution is 2.38. The molecular formula is C15H22ClF5N6O. The number of alkyl halides is 5. The van der Waals surface area contributed by atoms with Crippen LogP contribution in [0.25, 0.3) is 0 Å². The van der Waals surface area contributed by atoms with Crippen molar-refractivity contribution >= 4 is 30.3 Å². The molecule has 0 saturated heterocycles. The first-order valence-corrected chi connectivity index (χ1v) is 8.09. The fourth-order valence-corrected chi connectivity index (χ4v) is 1.73. The van der Waals surface area contributed by atoms with Crippen molar-refractivity contribution in [3.05, 3.63) is 0 Å². The molecule has 0 aliphatic rings. The molecule has 0 spiro atoms. The number of nitrogens with one attached hydrogen (secondary N) is 2. The lowest BCUT2D eigenvalue weighted by Gasteiger charge is -2.21. The Morgan fingerprint density at radius 1 is 1.11 bits per heavy atom. The number of aromatic nitrogens is 3. The number of terminal acetylenes is 1. The Morgan fingerprint density at radius 3 is 2.25 bits per heavy atom. The average molecular weight is 433 g/mol. The summed E-state index contributed by atoms with van der Waals surface area (Å²) in [6.07, 6.45) is -1.49. The van der Waals surface area contributed by atoms with Gasteiger partial charge in [0.15, 0.2) is 0 Å². The number of nitrogens with zero attached hydrogens (tertiary/aromatic N) is 4. The largest absolute Gasteiger partial charge is 0.453 e. The maximum absolute atomic E-state index is 12.9. The molecule has 1 rings (SSSR count). The third-order valence-corrected chi connectivity index (χ3v) is 3.12. The zero-order valence-electron chi connectivity index (χ0n) is 15.3. The average Bonchev–Trinajstić information content (AvgIpc) is 2.60. The van der Waals surface area contributed by atoms with Crippen molar-refractivity contribution in [3.8, 4) is 12.3 Å². The molecule has 0 amide bonds. The summed E-state index contributed by atoms with van der Waals surface area (Å²) < 4.78 is 62.1. The first kappa shape index (κ1) is 25.9. The van der Waals surface area contributed by atoms with Gasteiger partial charge in [0.1, 0.15) is 0 Å². The molecule has 1 aromatic rings. The zero-order chi connectivity index (χ0) is 20.5. The fourth-order valence-electron chi connectivity index (χ4n) is 1.73. The lowest BCUT2D eigenvalue weighted by atomic mass is 10.2. The van der Waals surface area contributed by atoms with Crippen molar-refractivity contribution in [2.45, 2.75) is 38.3 Å². The van der Waals surface area contributed by atoms with Gasteiger partial charge in [-0.15, -0.1) is 18.8 Å². The summed E-state index contributed by atoms with van der Waals surface area (Å²) in [5.41, 5.74) is 0. The van der Waals surface area contributed by atoms with Gasteiger partial charge in [-0.2, -0.15) is 36.9 Å². The maximum atomic E-state index is 12.9.